The largest absolute Gasteiger partial charge is 0.462 e. The molecule has 76 valence electrons. The molecule has 0 bridgehead atoms. The molecule has 1 aromatic rings. The monoisotopic (exact) mass is 193 g/mol. The first-order chi connectivity index (χ1) is 6.65. The standard InChI is InChI=1S/C11H15NO2/c1-3-14-11(13)10-6-4-5-9(7-10)8(2)12/h4-8H,3,12H2,1-2H3. The molecule has 0 fully saturated rings. The van der Waals surface area contributed by atoms with Crippen LogP contribution in [0.2, 0.25) is 0 Å². The van der Waals surface area contributed by atoms with Crippen molar-refractivity contribution < 1.29 is 9.53 Å². The summed E-state index contributed by atoms with van der Waals surface area (Å²) in [7, 11) is 0. The molecule has 0 heterocycles. The molecule has 1 rings (SSSR count). The van der Waals surface area contributed by atoms with Crippen molar-refractivity contribution in [3.05, 3.63) is 35.4 Å². The second kappa shape index (κ2) is 4.77. The molecule has 0 saturated heterocycles. The first-order valence-corrected chi connectivity index (χ1v) is 4.67. The minimum atomic E-state index is -0.296. The van der Waals surface area contributed by atoms with Gasteiger partial charge in [0.2, 0.25) is 0 Å². The van der Waals surface area contributed by atoms with E-state index in [1.165, 1.54) is 0 Å². The maximum Gasteiger partial charge on any atom is 0.338 e. The summed E-state index contributed by atoms with van der Waals surface area (Å²) in [5.74, 6) is -0.296. The smallest absolute Gasteiger partial charge is 0.338 e. The number of nitrogens with two attached hydrogens (primary N) is 1. The van der Waals surface area contributed by atoms with Crippen molar-refractivity contribution in [2.24, 2.45) is 5.73 Å². The van der Waals surface area contributed by atoms with E-state index in [-0.39, 0.29) is 12.0 Å². The van der Waals surface area contributed by atoms with Gasteiger partial charge in [-0.15, -0.1) is 0 Å². The number of rotatable bonds is 3. The molecule has 3 nitrogen and oxygen atoms in total. The summed E-state index contributed by atoms with van der Waals surface area (Å²) in [6.07, 6.45) is 0. The Hall–Kier alpha value is -1.35. The summed E-state index contributed by atoms with van der Waals surface area (Å²) < 4.78 is 4.88. The van der Waals surface area contributed by atoms with E-state index in [0.29, 0.717) is 12.2 Å². The lowest BCUT2D eigenvalue weighted by Crippen LogP contribution is -2.08. The lowest BCUT2D eigenvalue weighted by molar-refractivity contribution is 0.0526. The zero-order chi connectivity index (χ0) is 10.6. The SMILES string of the molecule is CCOC(=O)c1cccc(C(C)N)c1. The maximum absolute atomic E-state index is 11.4. The van der Waals surface area contributed by atoms with Gasteiger partial charge in [0.05, 0.1) is 12.2 Å². The molecule has 0 amide bonds. The molecule has 3 heteroatoms. The van der Waals surface area contributed by atoms with Crippen LogP contribution >= 0.6 is 0 Å². The van der Waals surface area contributed by atoms with Crippen LogP contribution in [0.3, 0.4) is 0 Å². The second-order valence-corrected chi connectivity index (χ2v) is 3.13. The Morgan fingerprint density at radius 2 is 2.29 bits per heavy atom. The molecular weight excluding hydrogens is 178 g/mol. The average Bonchev–Trinajstić information content (AvgIpc) is 2.18. The average molecular weight is 193 g/mol. The van der Waals surface area contributed by atoms with Gasteiger partial charge in [-0.2, -0.15) is 0 Å². The van der Waals surface area contributed by atoms with Gasteiger partial charge in [0, 0.05) is 6.04 Å². The fraction of sp³-hybridized carbons (Fsp3) is 0.364. The van der Waals surface area contributed by atoms with Gasteiger partial charge in [0.15, 0.2) is 0 Å². The molecule has 2 N–H and O–H groups in total. The highest BCUT2D eigenvalue weighted by Gasteiger charge is 2.07. The summed E-state index contributed by atoms with van der Waals surface area (Å²) >= 11 is 0. The van der Waals surface area contributed by atoms with Crippen molar-refractivity contribution >= 4 is 5.97 Å². The Bertz CT molecular complexity index is 321. The first-order valence-electron chi connectivity index (χ1n) is 4.67. The van der Waals surface area contributed by atoms with E-state index >= 15 is 0 Å². The number of ether oxygens (including phenoxy) is 1. The summed E-state index contributed by atoms with van der Waals surface area (Å²) in [6, 6.07) is 7.13. The number of hydrogen-bond acceptors (Lipinski definition) is 3. The van der Waals surface area contributed by atoms with E-state index in [2.05, 4.69) is 0 Å². The minimum absolute atomic E-state index is 0.0654. The summed E-state index contributed by atoms with van der Waals surface area (Å²) in [4.78, 5) is 11.4. The molecule has 0 aliphatic rings. The summed E-state index contributed by atoms with van der Waals surface area (Å²) in [5, 5.41) is 0. The highest BCUT2D eigenvalue weighted by molar-refractivity contribution is 5.89. The van der Waals surface area contributed by atoms with Crippen LogP contribution in [0.25, 0.3) is 0 Å². The van der Waals surface area contributed by atoms with Gasteiger partial charge in [0.1, 0.15) is 0 Å². The van der Waals surface area contributed by atoms with E-state index < -0.39 is 0 Å². The van der Waals surface area contributed by atoms with Crippen LogP contribution in [0.1, 0.15) is 35.8 Å². The Kier molecular flexibility index (Phi) is 3.65. The normalized spacial score (nSPS) is 12.2. The van der Waals surface area contributed by atoms with Gasteiger partial charge in [0.25, 0.3) is 0 Å². The zero-order valence-corrected chi connectivity index (χ0v) is 8.49. The van der Waals surface area contributed by atoms with Crippen LogP contribution in [0, 0.1) is 0 Å². The van der Waals surface area contributed by atoms with E-state index in [1.807, 2.05) is 19.1 Å². The molecule has 1 aromatic carbocycles. The third-order valence-corrected chi connectivity index (χ3v) is 1.92. The van der Waals surface area contributed by atoms with Crippen molar-refractivity contribution in [1.29, 1.82) is 0 Å². The van der Waals surface area contributed by atoms with Crippen molar-refractivity contribution in [2.45, 2.75) is 19.9 Å². The molecule has 0 aliphatic heterocycles. The predicted octanol–water partition coefficient (Wildman–Crippen LogP) is 1.88. The van der Waals surface area contributed by atoms with E-state index in [0.717, 1.165) is 5.56 Å². The van der Waals surface area contributed by atoms with E-state index in [4.69, 9.17) is 10.5 Å². The highest BCUT2D eigenvalue weighted by Crippen LogP contribution is 2.12. The highest BCUT2D eigenvalue weighted by atomic mass is 16.5. The van der Waals surface area contributed by atoms with Gasteiger partial charge in [-0.3, -0.25) is 0 Å². The summed E-state index contributed by atoms with van der Waals surface area (Å²) in [6.45, 7) is 4.05. The number of benzene rings is 1. The molecule has 0 aromatic heterocycles. The molecule has 0 aliphatic carbocycles. The number of hydrogen-bond donors (Lipinski definition) is 1. The molecule has 1 atom stereocenters. The Balaban J connectivity index is 2.88. The quantitative estimate of drug-likeness (QED) is 0.746. The Morgan fingerprint density at radius 1 is 1.57 bits per heavy atom. The van der Waals surface area contributed by atoms with Crippen LogP contribution in [-0.4, -0.2) is 12.6 Å². The van der Waals surface area contributed by atoms with Crippen LogP contribution in [0.15, 0.2) is 24.3 Å². The minimum Gasteiger partial charge on any atom is -0.462 e. The third kappa shape index (κ3) is 2.57. The Morgan fingerprint density at radius 3 is 2.86 bits per heavy atom. The molecule has 14 heavy (non-hydrogen) atoms. The van der Waals surface area contributed by atoms with Gasteiger partial charge in [-0.1, -0.05) is 12.1 Å². The first kappa shape index (κ1) is 10.7. The van der Waals surface area contributed by atoms with Crippen molar-refractivity contribution in [2.75, 3.05) is 6.61 Å². The van der Waals surface area contributed by atoms with Crippen LogP contribution in [0.5, 0.6) is 0 Å². The van der Waals surface area contributed by atoms with Crippen molar-refractivity contribution in [3.63, 3.8) is 0 Å². The molecular formula is C11H15NO2. The molecule has 0 spiro atoms. The van der Waals surface area contributed by atoms with Crippen LogP contribution in [-0.2, 0) is 4.74 Å². The van der Waals surface area contributed by atoms with Gasteiger partial charge < -0.3 is 10.5 Å². The second-order valence-electron chi connectivity index (χ2n) is 3.13. The molecule has 0 saturated carbocycles. The van der Waals surface area contributed by atoms with Crippen molar-refractivity contribution in [1.82, 2.24) is 0 Å². The summed E-state index contributed by atoms with van der Waals surface area (Å²) in [5.41, 5.74) is 7.20. The van der Waals surface area contributed by atoms with Crippen LogP contribution < -0.4 is 5.73 Å². The van der Waals surface area contributed by atoms with Gasteiger partial charge in [-0.05, 0) is 31.5 Å². The fourth-order valence-electron chi connectivity index (χ4n) is 1.16. The predicted molar refractivity (Wildman–Crippen MR) is 55.0 cm³/mol. The maximum atomic E-state index is 11.4. The number of esters is 1. The number of carbonyl (C=O) groups excluding carboxylic acids is 1. The van der Waals surface area contributed by atoms with E-state index in [1.54, 1.807) is 19.1 Å². The lowest BCUT2D eigenvalue weighted by Gasteiger charge is -2.07. The zero-order valence-electron chi connectivity index (χ0n) is 8.49. The Labute approximate surface area is 83.9 Å². The number of carbonyl (C=O) groups is 1. The molecule has 0 radical (unpaired) electrons. The third-order valence-electron chi connectivity index (χ3n) is 1.92. The van der Waals surface area contributed by atoms with Crippen molar-refractivity contribution in [3.8, 4) is 0 Å². The lowest BCUT2D eigenvalue weighted by atomic mass is 10.1. The van der Waals surface area contributed by atoms with E-state index in [9.17, 15) is 4.79 Å². The van der Waals surface area contributed by atoms with Gasteiger partial charge >= 0.3 is 5.97 Å². The fourth-order valence-corrected chi connectivity index (χ4v) is 1.16. The topological polar surface area (TPSA) is 52.3 Å². The van der Waals surface area contributed by atoms with Gasteiger partial charge in [-0.25, -0.2) is 4.79 Å². The van der Waals surface area contributed by atoms with Crippen LogP contribution in [0.4, 0.5) is 0 Å². The molecule has 1 unspecified atom stereocenters.